The molecular formula is C8H4ClN3O2. The highest BCUT2D eigenvalue weighted by molar-refractivity contribution is 6.30. The Kier molecular flexibility index (Phi) is 2.01. The van der Waals surface area contributed by atoms with Gasteiger partial charge in [-0.25, -0.2) is 14.5 Å². The van der Waals surface area contributed by atoms with E-state index in [0.717, 1.165) is 4.90 Å². The third-order valence-corrected chi connectivity index (χ3v) is 1.94. The SMILES string of the molecule is O=C1N=NC(=O)N1c1ccc(Cl)cc1. The second-order valence-electron chi connectivity index (χ2n) is 2.58. The summed E-state index contributed by atoms with van der Waals surface area (Å²) < 4.78 is 0. The summed E-state index contributed by atoms with van der Waals surface area (Å²) in [4.78, 5) is 23.0. The van der Waals surface area contributed by atoms with E-state index in [1.807, 2.05) is 0 Å². The van der Waals surface area contributed by atoms with Gasteiger partial charge in [0.05, 0.1) is 5.69 Å². The Morgan fingerprint density at radius 2 is 1.50 bits per heavy atom. The van der Waals surface area contributed by atoms with E-state index < -0.39 is 12.1 Å². The van der Waals surface area contributed by atoms with Gasteiger partial charge in [-0.15, -0.1) is 0 Å². The van der Waals surface area contributed by atoms with Crippen molar-refractivity contribution in [3.8, 4) is 0 Å². The molecule has 70 valence electrons. The Labute approximate surface area is 84.0 Å². The topological polar surface area (TPSA) is 62.1 Å². The van der Waals surface area contributed by atoms with Crippen molar-refractivity contribution < 1.29 is 9.59 Å². The molecule has 0 fully saturated rings. The van der Waals surface area contributed by atoms with Gasteiger partial charge in [0.1, 0.15) is 0 Å². The molecule has 4 amide bonds. The van der Waals surface area contributed by atoms with Crippen molar-refractivity contribution in [2.75, 3.05) is 4.90 Å². The zero-order valence-corrected chi connectivity index (χ0v) is 7.60. The van der Waals surface area contributed by atoms with Crippen LogP contribution in [-0.2, 0) is 0 Å². The van der Waals surface area contributed by atoms with Gasteiger partial charge in [0.2, 0.25) is 0 Å². The van der Waals surface area contributed by atoms with Crippen molar-refractivity contribution >= 4 is 29.4 Å². The predicted octanol–water partition coefficient (Wildman–Crippen LogP) is 2.85. The fourth-order valence-corrected chi connectivity index (χ4v) is 1.19. The van der Waals surface area contributed by atoms with Crippen LogP contribution in [0, 0.1) is 0 Å². The number of urea groups is 2. The summed E-state index contributed by atoms with van der Waals surface area (Å²) in [6, 6.07) is 4.89. The van der Waals surface area contributed by atoms with Gasteiger partial charge in [-0.1, -0.05) is 21.8 Å². The van der Waals surface area contributed by atoms with E-state index >= 15 is 0 Å². The van der Waals surface area contributed by atoms with E-state index in [1.165, 1.54) is 0 Å². The number of amides is 4. The number of hydrogen-bond acceptors (Lipinski definition) is 2. The highest BCUT2D eigenvalue weighted by Gasteiger charge is 2.28. The van der Waals surface area contributed by atoms with Crippen molar-refractivity contribution in [3.05, 3.63) is 29.3 Å². The molecule has 0 N–H and O–H groups in total. The Balaban J connectivity index is 2.36. The quantitative estimate of drug-likeness (QED) is 0.714. The summed E-state index contributed by atoms with van der Waals surface area (Å²) in [6.45, 7) is 0. The molecule has 1 aromatic rings. The molecule has 1 aromatic carbocycles. The van der Waals surface area contributed by atoms with Crippen LogP contribution in [-0.4, -0.2) is 12.1 Å². The number of benzene rings is 1. The van der Waals surface area contributed by atoms with Gasteiger partial charge in [-0.05, 0) is 24.3 Å². The number of carbonyl (C=O) groups is 2. The van der Waals surface area contributed by atoms with Crippen molar-refractivity contribution in [3.63, 3.8) is 0 Å². The van der Waals surface area contributed by atoms with Gasteiger partial charge >= 0.3 is 12.1 Å². The van der Waals surface area contributed by atoms with Crippen LogP contribution in [0.25, 0.3) is 0 Å². The minimum atomic E-state index is -0.683. The first-order chi connectivity index (χ1) is 6.68. The zero-order chi connectivity index (χ0) is 10.1. The monoisotopic (exact) mass is 209 g/mol. The molecule has 0 aromatic heterocycles. The predicted molar refractivity (Wildman–Crippen MR) is 49.6 cm³/mol. The Bertz CT molecular complexity index is 409. The summed E-state index contributed by atoms with van der Waals surface area (Å²) in [5.41, 5.74) is 0.411. The zero-order valence-electron chi connectivity index (χ0n) is 6.85. The molecule has 0 saturated carbocycles. The van der Waals surface area contributed by atoms with Crippen LogP contribution in [0.2, 0.25) is 5.02 Å². The molecule has 0 atom stereocenters. The molecule has 2 rings (SSSR count). The van der Waals surface area contributed by atoms with Gasteiger partial charge in [-0.2, -0.15) is 0 Å². The summed E-state index contributed by atoms with van der Waals surface area (Å²) in [5.74, 6) is 0. The van der Waals surface area contributed by atoms with E-state index in [2.05, 4.69) is 10.2 Å². The van der Waals surface area contributed by atoms with Crippen LogP contribution >= 0.6 is 11.6 Å². The smallest absolute Gasteiger partial charge is 0.243 e. The number of nitrogens with zero attached hydrogens (tertiary/aromatic N) is 3. The number of halogens is 1. The van der Waals surface area contributed by atoms with E-state index in [9.17, 15) is 9.59 Å². The molecule has 1 heterocycles. The van der Waals surface area contributed by atoms with Crippen LogP contribution in [0.3, 0.4) is 0 Å². The molecule has 0 saturated heterocycles. The molecule has 0 radical (unpaired) electrons. The van der Waals surface area contributed by atoms with Crippen LogP contribution in [0.5, 0.6) is 0 Å². The molecule has 5 nitrogen and oxygen atoms in total. The number of rotatable bonds is 1. The average molecular weight is 210 g/mol. The maximum Gasteiger partial charge on any atom is 0.375 e. The van der Waals surface area contributed by atoms with Gasteiger partial charge < -0.3 is 0 Å². The second kappa shape index (κ2) is 3.19. The summed E-state index contributed by atoms with van der Waals surface area (Å²) in [5, 5.41) is 6.78. The molecule has 1 aliphatic rings. The molecule has 6 heteroatoms. The first-order valence-corrected chi connectivity index (χ1v) is 4.11. The molecule has 0 spiro atoms. The first kappa shape index (κ1) is 8.83. The lowest BCUT2D eigenvalue weighted by atomic mass is 10.3. The molecule has 14 heavy (non-hydrogen) atoms. The minimum absolute atomic E-state index is 0.411. The van der Waals surface area contributed by atoms with Crippen LogP contribution in [0.1, 0.15) is 0 Å². The van der Waals surface area contributed by atoms with E-state index in [1.54, 1.807) is 24.3 Å². The number of carbonyl (C=O) groups excluding carboxylic acids is 2. The van der Waals surface area contributed by atoms with Gasteiger partial charge in [-0.3, -0.25) is 0 Å². The summed E-state index contributed by atoms with van der Waals surface area (Å²) in [6.07, 6.45) is 0. The van der Waals surface area contributed by atoms with Crippen molar-refractivity contribution in [1.82, 2.24) is 0 Å². The number of anilines is 1. The lowest BCUT2D eigenvalue weighted by Gasteiger charge is -2.09. The van der Waals surface area contributed by atoms with E-state index in [4.69, 9.17) is 11.6 Å². The summed E-state index contributed by atoms with van der Waals surface area (Å²) in [7, 11) is 0. The number of azo groups is 1. The van der Waals surface area contributed by atoms with Crippen molar-refractivity contribution in [2.45, 2.75) is 0 Å². The van der Waals surface area contributed by atoms with Crippen molar-refractivity contribution in [2.24, 2.45) is 10.2 Å². The largest absolute Gasteiger partial charge is 0.375 e. The third kappa shape index (κ3) is 1.38. The maximum atomic E-state index is 11.1. The number of imide groups is 1. The van der Waals surface area contributed by atoms with E-state index in [-0.39, 0.29) is 0 Å². The standard InChI is InChI=1S/C8H4ClN3O2/c9-5-1-3-6(4-2-5)12-7(13)10-11-8(12)14/h1-4H. The van der Waals surface area contributed by atoms with E-state index in [0.29, 0.717) is 10.7 Å². The van der Waals surface area contributed by atoms with Crippen LogP contribution in [0.15, 0.2) is 34.5 Å². The highest BCUT2D eigenvalue weighted by Crippen LogP contribution is 2.22. The molecule has 0 aliphatic carbocycles. The lowest BCUT2D eigenvalue weighted by Crippen LogP contribution is -2.27. The maximum absolute atomic E-state index is 11.1. The summed E-state index contributed by atoms with van der Waals surface area (Å²) >= 11 is 5.66. The third-order valence-electron chi connectivity index (χ3n) is 1.69. The minimum Gasteiger partial charge on any atom is -0.243 e. The number of hydrogen-bond donors (Lipinski definition) is 0. The Morgan fingerprint density at radius 3 is 2.00 bits per heavy atom. The lowest BCUT2D eigenvalue weighted by molar-refractivity contribution is 0.249. The van der Waals surface area contributed by atoms with Crippen LogP contribution < -0.4 is 4.90 Å². The van der Waals surface area contributed by atoms with Crippen molar-refractivity contribution in [1.29, 1.82) is 0 Å². The fraction of sp³-hybridized carbons (Fsp3) is 0. The molecule has 0 unspecified atom stereocenters. The van der Waals surface area contributed by atoms with Crippen LogP contribution in [0.4, 0.5) is 15.3 Å². The second-order valence-corrected chi connectivity index (χ2v) is 3.01. The molecular weight excluding hydrogens is 206 g/mol. The normalized spacial score (nSPS) is 15.4. The highest BCUT2D eigenvalue weighted by atomic mass is 35.5. The Hall–Kier alpha value is -1.75. The Morgan fingerprint density at radius 1 is 1.00 bits per heavy atom. The van der Waals surface area contributed by atoms with Gasteiger partial charge in [0, 0.05) is 5.02 Å². The van der Waals surface area contributed by atoms with Gasteiger partial charge in [0.25, 0.3) is 0 Å². The molecule has 0 bridgehead atoms. The average Bonchev–Trinajstić information content (AvgIpc) is 2.49. The first-order valence-electron chi connectivity index (χ1n) is 3.74. The fourth-order valence-electron chi connectivity index (χ4n) is 1.07. The molecule has 1 aliphatic heterocycles. The van der Waals surface area contributed by atoms with Gasteiger partial charge in [0.15, 0.2) is 0 Å².